The van der Waals surface area contributed by atoms with Gasteiger partial charge in [-0.3, -0.25) is 0 Å². The second kappa shape index (κ2) is 5.81. The number of nitrogen functional groups attached to an aromatic ring is 1. The molecule has 2 nitrogen and oxygen atoms in total. The van der Waals surface area contributed by atoms with Gasteiger partial charge in [0.05, 0.1) is 0 Å². The van der Waals surface area contributed by atoms with Gasteiger partial charge in [-0.15, -0.1) is 0 Å². The molecule has 2 rings (SSSR count). The van der Waals surface area contributed by atoms with Crippen molar-refractivity contribution >= 4 is 5.69 Å². The van der Waals surface area contributed by atoms with Crippen LogP contribution in [0.3, 0.4) is 0 Å². The summed E-state index contributed by atoms with van der Waals surface area (Å²) in [6.07, 6.45) is 0. The third-order valence-electron chi connectivity index (χ3n) is 2.24. The van der Waals surface area contributed by atoms with Crippen LogP contribution in [-0.4, -0.2) is 5.11 Å². The number of hydrogen-bond acceptors (Lipinski definition) is 2. The van der Waals surface area contributed by atoms with E-state index in [0.717, 1.165) is 16.8 Å². The van der Waals surface area contributed by atoms with E-state index in [4.69, 9.17) is 5.73 Å². The van der Waals surface area contributed by atoms with Crippen LogP contribution in [0.1, 0.15) is 11.1 Å². The molecule has 0 bridgehead atoms. The van der Waals surface area contributed by atoms with Crippen molar-refractivity contribution in [1.29, 1.82) is 0 Å². The quantitative estimate of drug-likeness (QED) is 0.662. The lowest BCUT2D eigenvalue weighted by Crippen LogP contribution is -1.79. The van der Waals surface area contributed by atoms with Gasteiger partial charge >= 0.3 is 0 Å². The fourth-order valence-electron chi connectivity index (χ4n) is 1.26. The maximum absolute atomic E-state index is 9.21. The number of aromatic hydroxyl groups is 1. The van der Waals surface area contributed by atoms with Crippen molar-refractivity contribution in [2.75, 3.05) is 5.73 Å². The van der Waals surface area contributed by atoms with Crippen molar-refractivity contribution in [1.82, 2.24) is 0 Å². The van der Waals surface area contributed by atoms with E-state index in [1.54, 1.807) is 0 Å². The number of anilines is 1. The van der Waals surface area contributed by atoms with E-state index >= 15 is 0 Å². The average molecular weight is 215 g/mol. The van der Waals surface area contributed by atoms with Crippen LogP contribution in [0, 0.1) is 13.8 Å². The molecule has 84 valence electrons. The third kappa shape index (κ3) is 3.65. The molecule has 3 N–H and O–H groups in total. The van der Waals surface area contributed by atoms with Crippen LogP contribution in [0.5, 0.6) is 5.75 Å². The van der Waals surface area contributed by atoms with Crippen molar-refractivity contribution in [2.45, 2.75) is 13.8 Å². The summed E-state index contributed by atoms with van der Waals surface area (Å²) in [4.78, 5) is 0. The maximum Gasteiger partial charge on any atom is 0.121 e. The normalized spacial score (nSPS) is 9.12. The van der Waals surface area contributed by atoms with Crippen molar-refractivity contribution in [3.63, 3.8) is 0 Å². The number of para-hydroxylation sites is 2. The Labute approximate surface area is 96.4 Å². The lowest BCUT2D eigenvalue weighted by molar-refractivity contribution is 0.467. The summed E-state index contributed by atoms with van der Waals surface area (Å²) < 4.78 is 0. The smallest absolute Gasteiger partial charge is 0.121 e. The summed E-state index contributed by atoms with van der Waals surface area (Å²) in [5.74, 6) is 0.414. The second-order valence-corrected chi connectivity index (χ2v) is 3.65. The number of nitrogens with two attached hydrogens (primary N) is 1. The Balaban J connectivity index is 0.000000165. The zero-order valence-corrected chi connectivity index (χ0v) is 9.64. The van der Waals surface area contributed by atoms with Gasteiger partial charge in [0.1, 0.15) is 5.75 Å². The summed E-state index contributed by atoms with van der Waals surface area (Å²) in [6.45, 7) is 3.78. The van der Waals surface area contributed by atoms with E-state index < -0.39 is 0 Å². The predicted molar refractivity (Wildman–Crippen MR) is 68.4 cm³/mol. The van der Waals surface area contributed by atoms with Crippen LogP contribution in [0.25, 0.3) is 0 Å². The monoisotopic (exact) mass is 215 g/mol. The largest absolute Gasteiger partial charge is 0.507 e. The topological polar surface area (TPSA) is 46.2 Å². The lowest BCUT2D eigenvalue weighted by Gasteiger charge is -1.99. The van der Waals surface area contributed by atoms with E-state index in [9.17, 15) is 5.11 Å². The molecular weight excluding hydrogens is 198 g/mol. The minimum Gasteiger partial charge on any atom is -0.507 e. The van der Waals surface area contributed by atoms with Crippen molar-refractivity contribution in [2.24, 2.45) is 0 Å². The molecular formula is C14H17NO. The zero-order valence-electron chi connectivity index (χ0n) is 9.64. The van der Waals surface area contributed by atoms with E-state index in [0.29, 0.717) is 5.75 Å². The zero-order chi connectivity index (χ0) is 12.0. The Bertz CT molecular complexity index is 417. The number of phenolic OH excluding ortho intramolecular Hbond substituents is 1. The van der Waals surface area contributed by atoms with E-state index in [1.165, 1.54) is 0 Å². The summed E-state index contributed by atoms with van der Waals surface area (Å²) >= 11 is 0. The van der Waals surface area contributed by atoms with E-state index in [-0.39, 0.29) is 0 Å². The Kier molecular flexibility index (Phi) is 4.40. The number of aryl methyl sites for hydroxylation is 2. The predicted octanol–water partition coefficient (Wildman–Crippen LogP) is 3.28. The Hall–Kier alpha value is -1.96. The molecule has 2 aromatic carbocycles. The molecule has 0 fully saturated rings. The van der Waals surface area contributed by atoms with Crippen LogP contribution in [0.15, 0.2) is 48.5 Å². The Morgan fingerprint density at radius 2 is 1.31 bits per heavy atom. The van der Waals surface area contributed by atoms with Gasteiger partial charge in [-0.25, -0.2) is 0 Å². The second-order valence-electron chi connectivity index (χ2n) is 3.65. The number of rotatable bonds is 0. The Morgan fingerprint density at radius 1 is 0.812 bits per heavy atom. The third-order valence-corrected chi connectivity index (χ3v) is 2.24. The highest BCUT2D eigenvalue weighted by Gasteiger charge is 1.95. The Morgan fingerprint density at radius 3 is 1.62 bits per heavy atom. The molecule has 0 saturated carbocycles. The molecule has 0 aliphatic carbocycles. The molecule has 0 saturated heterocycles. The average Bonchev–Trinajstić information content (AvgIpc) is 2.28. The lowest BCUT2D eigenvalue weighted by atomic mass is 10.1. The van der Waals surface area contributed by atoms with Gasteiger partial charge < -0.3 is 10.8 Å². The first-order chi connectivity index (χ1) is 7.61. The summed E-state index contributed by atoms with van der Waals surface area (Å²) in [5.41, 5.74) is 8.06. The number of hydrogen-bond donors (Lipinski definition) is 2. The molecule has 2 aromatic rings. The summed E-state index contributed by atoms with van der Waals surface area (Å²) in [6, 6.07) is 15.2. The summed E-state index contributed by atoms with van der Waals surface area (Å²) in [5, 5.41) is 9.21. The SMILES string of the molecule is Cc1cccc(C)c1O.Nc1ccccc1. The fraction of sp³-hybridized carbons (Fsp3) is 0.143. The van der Waals surface area contributed by atoms with Gasteiger partial charge in [0, 0.05) is 5.69 Å². The van der Waals surface area contributed by atoms with E-state index in [1.807, 2.05) is 62.4 Å². The van der Waals surface area contributed by atoms with Gasteiger partial charge in [0.15, 0.2) is 0 Å². The molecule has 2 heteroatoms. The van der Waals surface area contributed by atoms with E-state index in [2.05, 4.69) is 0 Å². The van der Waals surface area contributed by atoms with Gasteiger partial charge in [-0.05, 0) is 37.1 Å². The standard InChI is InChI=1S/C8H10O.C6H7N/c1-6-4-3-5-7(2)8(6)9;7-6-4-2-1-3-5-6/h3-5,9H,1-2H3;1-5H,7H2. The molecule has 0 aliphatic rings. The van der Waals surface area contributed by atoms with Gasteiger partial charge in [0.25, 0.3) is 0 Å². The first kappa shape index (κ1) is 12.1. The highest BCUT2D eigenvalue weighted by molar-refractivity contribution is 5.38. The molecule has 0 aromatic heterocycles. The molecule has 0 radical (unpaired) electrons. The van der Waals surface area contributed by atoms with Crippen molar-refractivity contribution < 1.29 is 5.11 Å². The molecule has 0 aliphatic heterocycles. The molecule has 0 amide bonds. The van der Waals surface area contributed by atoms with Gasteiger partial charge in [-0.1, -0.05) is 36.4 Å². The molecule has 0 atom stereocenters. The van der Waals surface area contributed by atoms with Gasteiger partial charge in [-0.2, -0.15) is 0 Å². The fourth-order valence-corrected chi connectivity index (χ4v) is 1.26. The number of benzene rings is 2. The molecule has 0 unspecified atom stereocenters. The van der Waals surface area contributed by atoms with Crippen LogP contribution in [0.4, 0.5) is 5.69 Å². The van der Waals surface area contributed by atoms with Crippen LogP contribution < -0.4 is 5.73 Å². The number of phenols is 1. The minimum atomic E-state index is 0.414. The van der Waals surface area contributed by atoms with Gasteiger partial charge in [0.2, 0.25) is 0 Å². The first-order valence-corrected chi connectivity index (χ1v) is 5.17. The molecule has 0 spiro atoms. The molecule has 0 heterocycles. The molecule has 16 heavy (non-hydrogen) atoms. The van der Waals surface area contributed by atoms with Crippen molar-refractivity contribution in [3.8, 4) is 5.75 Å². The highest BCUT2D eigenvalue weighted by Crippen LogP contribution is 2.19. The summed E-state index contributed by atoms with van der Waals surface area (Å²) in [7, 11) is 0. The van der Waals surface area contributed by atoms with Crippen molar-refractivity contribution in [3.05, 3.63) is 59.7 Å². The van der Waals surface area contributed by atoms with Crippen LogP contribution >= 0.6 is 0 Å². The van der Waals surface area contributed by atoms with Crippen LogP contribution in [0.2, 0.25) is 0 Å². The van der Waals surface area contributed by atoms with Crippen LogP contribution in [-0.2, 0) is 0 Å². The minimum absolute atomic E-state index is 0.414. The maximum atomic E-state index is 9.21. The highest BCUT2D eigenvalue weighted by atomic mass is 16.3. The first-order valence-electron chi connectivity index (χ1n) is 5.17.